The standard InChI is InChI=1S/C39H41F3N6O9S/c1-38(54,37(53)46-26-6-5-24(22-43)29(21-26)39(40,41)42)23-58-27-9-7-25(8-10-27)44-13-15-55-17-19-57-20-18-56-16-14-45-30-4-2-3-28-33(30)36(52)48(35(28)51)31-11-12-32(49)47-34(31)50/h2-10,21,31,44-45,54H,11-20,23H2,1H3,(H,46,53)(H,47,49,50). The van der Waals surface area contributed by atoms with Crippen LogP contribution in [0, 0.1) is 11.3 Å². The van der Waals surface area contributed by atoms with Gasteiger partial charge in [0.25, 0.3) is 17.7 Å². The number of fused-ring (bicyclic) bond motifs is 1. The van der Waals surface area contributed by atoms with Gasteiger partial charge in [-0.15, -0.1) is 11.8 Å². The maximum absolute atomic E-state index is 13.3. The van der Waals surface area contributed by atoms with Crippen molar-refractivity contribution in [1.29, 1.82) is 5.26 Å². The lowest BCUT2D eigenvalue weighted by Crippen LogP contribution is -2.54. The van der Waals surface area contributed by atoms with Gasteiger partial charge in [0.2, 0.25) is 11.8 Å². The molecule has 5 rings (SSSR count). The molecule has 2 heterocycles. The normalized spacial score (nSPS) is 16.3. The summed E-state index contributed by atoms with van der Waals surface area (Å²) in [6.45, 7) is 4.20. The van der Waals surface area contributed by atoms with E-state index in [1.165, 1.54) is 36.9 Å². The second-order valence-electron chi connectivity index (χ2n) is 13.3. The van der Waals surface area contributed by atoms with Crippen LogP contribution in [0.3, 0.4) is 0 Å². The molecule has 15 nitrogen and oxygen atoms in total. The minimum Gasteiger partial charge on any atom is -0.383 e. The largest absolute Gasteiger partial charge is 0.417 e. The molecular formula is C39H41F3N6O9S. The summed E-state index contributed by atoms with van der Waals surface area (Å²) >= 11 is 1.19. The van der Waals surface area contributed by atoms with Crippen molar-refractivity contribution in [2.75, 3.05) is 74.4 Å². The highest BCUT2D eigenvalue weighted by molar-refractivity contribution is 7.99. The van der Waals surface area contributed by atoms with Gasteiger partial charge in [0, 0.05) is 47.2 Å². The van der Waals surface area contributed by atoms with E-state index in [0.29, 0.717) is 64.5 Å². The number of nitrogens with zero attached hydrogens (tertiary/aromatic N) is 2. The van der Waals surface area contributed by atoms with Gasteiger partial charge >= 0.3 is 6.18 Å². The highest BCUT2D eigenvalue weighted by atomic mass is 32.2. The second-order valence-corrected chi connectivity index (χ2v) is 14.3. The van der Waals surface area contributed by atoms with Crippen LogP contribution in [-0.2, 0) is 34.8 Å². The van der Waals surface area contributed by atoms with Crippen molar-refractivity contribution in [3.8, 4) is 6.07 Å². The highest BCUT2D eigenvalue weighted by Crippen LogP contribution is 2.35. The van der Waals surface area contributed by atoms with E-state index in [4.69, 9.17) is 19.5 Å². The first-order chi connectivity index (χ1) is 27.7. The molecule has 19 heteroatoms. The van der Waals surface area contributed by atoms with Crippen LogP contribution in [0.2, 0.25) is 0 Å². The number of rotatable bonds is 20. The van der Waals surface area contributed by atoms with E-state index in [1.807, 2.05) is 12.1 Å². The monoisotopic (exact) mass is 826 g/mol. The number of carbonyl (C=O) groups excluding carboxylic acids is 5. The fraction of sp³-hybridized carbons (Fsp3) is 0.385. The van der Waals surface area contributed by atoms with Crippen molar-refractivity contribution < 1.29 is 56.5 Å². The summed E-state index contributed by atoms with van der Waals surface area (Å²) in [6, 6.07) is 15.3. The summed E-state index contributed by atoms with van der Waals surface area (Å²) < 4.78 is 56.5. The third-order valence-corrected chi connectivity index (χ3v) is 10.2. The molecule has 2 unspecified atom stereocenters. The van der Waals surface area contributed by atoms with Crippen LogP contribution in [0.1, 0.15) is 51.6 Å². The molecular weight excluding hydrogens is 786 g/mol. The Morgan fingerprint density at radius 3 is 2.19 bits per heavy atom. The zero-order valence-corrected chi connectivity index (χ0v) is 32.1. The molecule has 1 saturated heterocycles. The van der Waals surface area contributed by atoms with Gasteiger partial charge in [-0.3, -0.25) is 34.2 Å². The van der Waals surface area contributed by atoms with Crippen molar-refractivity contribution >= 4 is 58.4 Å². The zero-order chi connectivity index (χ0) is 41.9. The second kappa shape index (κ2) is 19.8. The number of hydrogen-bond acceptors (Lipinski definition) is 13. The number of imide groups is 2. The van der Waals surface area contributed by atoms with Gasteiger partial charge in [-0.1, -0.05) is 6.07 Å². The Hall–Kier alpha value is -5.52. The van der Waals surface area contributed by atoms with Crippen molar-refractivity contribution in [2.24, 2.45) is 0 Å². The quantitative estimate of drug-likeness (QED) is 0.0620. The van der Waals surface area contributed by atoms with Crippen molar-refractivity contribution in [3.63, 3.8) is 0 Å². The van der Waals surface area contributed by atoms with Crippen LogP contribution < -0.4 is 21.3 Å². The molecule has 5 amide bonds. The molecule has 2 atom stereocenters. The van der Waals surface area contributed by atoms with E-state index < -0.39 is 58.5 Å². The van der Waals surface area contributed by atoms with Gasteiger partial charge in [0.15, 0.2) is 0 Å². The van der Waals surface area contributed by atoms with E-state index >= 15 is 0 Å². The average molecular weight is 827 g/mol. The molecule has 2 aliphatic rings. The number of nitrogens with one attached hydrogen (secondary N) is 4. The number of halogens is 3. The number of benzene rings is 3. The number of alkyl halides is 3. The highest BCUT2D eigenvalue weighted by Gasteiger charge is 2.45. The van der Waals surface area contributed by atoms with Gasteiger partial charge in [-0.2, -0.15) is 18.4 Å². The zero-order valence-electron chi connectivity index (χ0n) is 31.3. The Morgan fingerprint density at radius 1 is 0.914 bits per heavy atom. The lowest BCUT2D eigenvalue weighted by molar-refractivity contribution is -0.138. The van der Waals surface area contributed by atoms with Crippen molar-refractivity contribution in [2.45, 2.75) is 42.5 Å². The summed E-state index contributed by atoms with van der Waals surface area (Å²) in [5, 5.41) is 30.5. The van der Waals surface area contributed by atoms with Gasteiger partial charge in [-0.05, 0) is 67.9 Å². The predicted octanol–water partition coefficient (Wildman–Crippen LogP) is 4.03. The summed E-state index contributed by atoms with van der Waals surface area (Å²) in [6.07, 6.45) is -4.67. The Balaban J connectivity index is 0.899. The first-order valence-corrected chi connectivity index (χ1v) is 19.1. The van der Waals surface area contributed by atoms with Crippen LogP contribution in [-0.4, -0.2) is 110 Å². The Bertz CT molecular complexity index is 2040. The van der Waals surface area contributed by atoms with Crippen molar-refractivity contribution in [1.82, 2.24) is 10.2 Å². The van der Waals surface area contributed by atoms with E-state index in [-0.39, 0.29) is 35.4 Å². The van der Waals surface area contributed by atoms with E-state index in [1.54, 1.807) is 24.3 Å². The fourth-order valence-electron chi connectivity index (χ4n) is 5.91. The number of amides is 5. The number of anilines is 3. The minimum absolute atomic E-state index is 0.0415. The van der Waals surface area contributed by atoms with Crippen LogP contribution in [0.4, 0.5) is 30.2 Å². The summed E-state index contributed by atoms with van der Waals surface area (Å²) in [5.41, 5.74) is -2.24. The number of carbonyl (C=O) groups is 5. The van der Waals surface area contributed by atoms with Crippen LogP contribution in [0.5, 0.6) is 0 Å². The Morgan fingerprint density at radius 2 is 1.55 bits per heavy atom. The molecule has 2 aliphatic heterocycles. The lowest BCUT2D eigenvalue weighted by atomic mass is 10.0. The fourth-order valence-corrected chi connectivity index (χ4v) is 6.82. The molecule has 0 aromatic heterocycles. The first kappa shape index (κ1) is 43.6. The predicted molar refractivity (Wildman–Crippen MR) is 205 cm³/mol. The van der Waals surface area contributed by atoms with Gasteiger partial charge < -0.3 is 35.3 Å². The Labute approximate surface area is 335 Å². The number of nitriles is 1. The third-order valence-electron chi connectivity index (χ3n) is 8.92. The van der Waals surface area contributed by atoms with Gasteiger partial charge in [0.05, 0.1) is 68.0 Å². The number of ether oxygens (including phenoxy) is 3. The minimum atomic E-state index is -4.79. The van der Waals surface area contributed by atoms with E-state index in [0.717, 1.165) is 21.5 Å². The molecule has 0 aliphatic carbocycles. The molecule has 0 radical (unpaired) electrons. The van der Waals surface area contributed by atoms with E-state index in [9.17, 15) is 42.3 Å². The lowest BCUT2D eigenvalue weighted by Gasteiger charge is -2.27. The topological polar surface area (TPSA) is 208 Å². The summed E-state index contributed by atoms with van der Waals surface area (Å²) in [7, 11) is 0. The molecule has 3 aromatic carbocycles. The molecule has 308 valence electrons. The first-order valence-electron chi connectivity index (χ1n) is 18.1. The summed E-state index contributed by atoms with van der Waals surface area (Å²) in [5.74, 6) is -3.24. The molecule has 58 heavy (non-hydrogen) atoms. The molecule has 0 bridgehead atoms. The number of thioether (sulfide) groups is 1. The van der Waals surface area contributed by atoms with Crippen LogP contribution in [0.15, 0.2) is 65.6 Å². The van der Waals surface area contributed by atoms with Gasteiger partial charge in [0.1, 0.15) is 11.6 Å². The molecule has 1 fully saturated rings. The molecule has 3 aromatic rings. The number of aliphatic hydroxyl groups is 1. The van der Waals surface area contributed by atoms with Crippen molar-refractivity contribution in [3.05, 3.63) is 82.9 Å². The molecule has 0 spiro atoms. The Kier molecular flexibility index (Phi) is 14.9. The SMILES string of the molecule is CC(O)(CSc1ccc(NCCOCCOCCOCCNc2cccc3c2C(=O)N(C2CCC(=O)NC2=O)C3=O)cc1)C(=O)Nc1ccc(C#N)c(C(F)(F)F)c1. The number of hydrogen-bond donors (Lipinski definition) is 5. The van der Waals surface area contributed by atoms with Crippen LogP contribution in [0.25, 0.3) is 0 Å². The van der Waals surface area contributed by atoms with Gasteiger partial charge in [-0.25, -0.2) is 0 Å². The third kappa shape index (κ3) is 11.3. The van der Waals surface area contributed by atoms with E-state index in [2.05, 4.69) is 21.3 Å². The average Bonchev–Trinajstić information content (AvgIpc) is 3.44. The molecule has 5 N–H and O–H groups in total. The smallest absolute Gasteiger partial charge is 0.383 e. The number of piperidine rings is 1. The maximum Gasteiger partial charge on any atom is 0.417 e. The molecule has 0 saturated carbocycles. The van der Waals surface area contributed by atoms with Crippen LogP contribution >= 0.6 is 11.8 Å². The summed E-state index contributed by atoms with van der Waals surface area (Å²) in [4.78, 5) is 64.3. The maximum atomic E-state index is 13.3.